The van der Waals surface area contributed by atoms with Gasteiger partial charge in [-0.2, -0.15) is 0 Å². The fourth-order valence-corrected chi connectivity index (χ4v) is 2.26. The molecular weight excluding hydrogens is 224 g/mol. The van der Waals surface area contributed by atoms with E-state index in [1.165, 1.54) is 10.8 Å². The summed E-state index contributed by atoms with van der Waals surface area (Å²) in [4.78, 5) is 4.52. The Morgan fingerprint density at radius 1 is 1.28 bits per heavy atom. The topological polar surface area (TPSA) is 34.1 Å². The van der Waals surface area contributed by atoms with Crippen molar-refractivity contribution in [1.29, 1.82) is 0 Å². The molecule has 3 heteroatoms. The lowest BCUT2D eigenvalue weighted by Crippen LogP contribution is -2.35. The van der Waals surface area contributed by atoms with Crippen LogP contribution in [0.3, 0.4) is 0 Å². The van der Waals surface area contributed by atoms with E-state index in [-0.39, 0.29) is 0 Å². The normalized spacial score (nSPS) is 12.8. The van der Waals surface area contributed by atoms with Crippen molar-refractivity contribution in [2.75, 3.05) is 20.3 Å². The van der Waals surface area contributed by atoms with Crippen molar-refractivity contribution in [3.8, 4) is 0 Å². The first-order chi connectivity index (χ1) is 8.85. The van der Waals surface area contributed by atoms with Gasteiger partial charge in [-0.3, -0.25) is 4.98 Å². The molecule has 0 saturated heterocycles. The Morgan fingerprint density at radius 2 is 2.11 bits per heavy atom. The number of ether oxygens (including phenoxy) is 1. The van der Waals surface area contributed by atoms with Crippen LogP contribution in [-0.2, 0) is 11.2 Å². The monoisotopic (exact) mass is 244 g/mol. The maximum absolute atomic E-state index is 5.25. The fourth-order valence-electron chi connectivity index (χ4n) is 2.26. The van der Waals surface area contributed by atoms with Gasteiger partial charge in [0.1, 0.15) is 0 Å². The Kier molecular flexibility index (Phi) is 4.67. The molecule has 0 aliphatic heterocycles. The molecule has 2 aromatic rings. The lowest BCUT2D eigenvalue weighted by molar-refractivity contribution is 0.166. The van der Waals surface area contributed by atoms with E-state index in [0.29, 0.717) is 12.6 Å². The number of benzene rings is 1. The van der Waals surface area contributed by atoms with E-state index in [9.17, 15) is 0 Å². The van der Waals surface area contributed by atoms with Crippen molar-refractivity contribution in [2.24, 2.45) is 0 Å². The second kappa shape index (κ2) is 6.47. The predicted octanol–water partition coefficient (Wildman–Crippen LogP) is 2.40. The SMILES string of the molecule is CCNC(COC)Cc1nccc2ccccc12. The average molecular weight is 244 g/mol. The number of hydrogen-bond donors (Lipinski definition) is 1. The maximum atomic E-state index is 5.25. The average Bonchev–Trinajstić information content (AvgIpc) is 2.40. The van der Waals surface area contributed by atoms with E-state index in [1.807, 2.05) is 6.20 Å². The van der Waals surface area contributed by atoms with Crippen LogP contribution in [0.1, 0.15) is 12.6 Å². The molecule has 0 aliphatic carbocycles. The number of likely N-dealkylation sites (N-methyl/N-ethyl adjacent to an activating group) is 1. The molecule has 0 radical (unpaired) electrons. The minimum absolute atomic E-state index is 0.318. The number of nitrogens with zero attached hydrogens (tertiary/aromatic N) is 1. The zero-order valence-corrected chi connectivity index (χ0v) is 11.0. The summed E-state index contributed by atoms with van der Waals surface area (Å²) in [6, 6.07) is 10.7. The minimum Gasteiger partial charge on any atom is -0.383 e. The Balaban J connectivity index is 2.24. The van der Waals surface area contributed by atoms with Gasteiger partial charge in [-0.15, -0.1) is 0 Å². The highest BCUT2D eigenvalue weighted by atomic mass is 16.5. The van der Waals surface area contributed by atoms with Crippen LogP contribution in [0.5, 0.6) is 0 Å². The largest absolute Gasteiger partial charge is 0.383 e. The van der Waals surface area contributed by atoms with Crippen LogP contribution in [0.25, 0.3) is 10.8 Å². The summed E-state index contributed by atoms with van der Waals surface area (Å²) in [6.07, 6.45) is 2.77. The van der Waals surface area contributed by atoms with Gasteiger partial charge in [-0.1, -0.05) is 31.2 Å². The standard InChI is InChI=1S/C15H20N2O/c1-3-16-13(11-18-2)10-15-14-7-5-4-6-12(14)8-9-17-15/h4-9,13,16H,3,10-11H2,1-2H3. The van der Waals surface area contributed by atoms with E-state index < -0.39 is 0 Å². The number of fused-ring (bicyclic) bond motifs is 1. The molecule has 96 valence electrons. The number of rotatable bonds is 6. The summed E-state index contributed by atoms with van der Waals surface area (Å²) < 4.78 is 5.25. The van der Waals surface area contributed by atoms with Gasteiger partial charge in [-0.05, 0) is 18.0 Å². The minimum atomic E-state index is 0.318. The van der Waals surface area contributed by atoms with E-state index >= 15 is 0 Å². The van der Waals surface area contributed by atoms with Gasteiger partial charge in [0.05, 0.1) is 6.61 Å². The smallest absolute Gasteiger partial charge is 0.0619 e. The first-order valence-electron chi connectivity index (χ1n) is 6.40. The summed E-state index contributed by atoms with van der Waals surface area (Å²) in [6.45, 7) is 3.76. The summed E-state index contributed by atoms with van der Waals surface area (Å²) in [5, 5.41) is 5.91. The molecule has 1 aromatic carbocycles. The molecule has 0 fully saturated rings. The summed E-state index contributed by atoms with van der Waals surface area (Å²) in [7, 11) is 1.74. The molecule has 1 unspecified atom stereocenters. The fraction of sp³-hybridized carbons (Fsp3) is 0.400. The number of methoxy groups -OCH3 is 1. The number of nitrogens with one attached hydrogen (secondary N) is 1. The molecule has 2 rings (SSSR count). The van der Waals surface area contributed by atoms with Crippen molar-refractivity contribution < 1.29 is 4.74 Å². The highest BCUT2D eigenvalue weighted by Crippen LogP contribution is 2.17. The Hall–Kier alpha value is -1.45. The second-order valence-corrected chi connectivity index (χ2v) is 4.39. The zero-order valence-electron chi connectivity index (χ0n) is 11.0. The predicted molar refractivity (Wildman–Crippen MR) is 74.8 cm³/mol. The van der Waals surface area contributed by atoms with Crippen molar-refractivity contribution in [2.45, 2.75) is 19.4 Å². The first-order valence-corrected chi connectivity index (χ1v) is 6.40. The molecule has 1 aromatic heterocycles. The van der Waals surface area contributed by atoms with Gasteiger partial charge in [-0.25, -0.2) is 0 Å². The van der Waals surface area contributed by atoms with Crippen molar-refractivity contribution in [1.82, 2.24) is 10.3 Å². The third kappa shape index (κ3) is 3.06. The Morgan fingerprint density at radius 3 is 2.89 bits per heavy atom. The highest BCUT2D eigenvalue weighted by molar-refractivity contribution is 5.84. The van der Waals surface area contributed by atoms with Gasteiger partial charge >= 0.3 is 0 Å². The number of hydrogen-bond acceptors (Lipinski definition) is 3. The van der Waals surface area contributed by atoms with E-state index in [2.05, 4.69) is 47.6 Å². The second-order valence-electron chi connectivity index (χ2n) is 4.39. The van der Waals surface area contributed by atoms with Crippen LogP contribution >= 0.6 is 0 Å². The number of aromatic nitrogens is 1. The van der Waals surface area contributed by atoms with Crippen LogP contribution in [0, 0.1) is 0 Å². The summed E-state index contributed by atoms with van der Waals surface area (Å²) >= 11 is 0. The lowest BCUT2D eigenvalue weighted by atomic mass is 10.0. The van der Waals surface area contributed by atoms with Crippen molar-refractivity contribution >= 4 is 10.8 Å². The molecule has 3 nitrogen and oxygen atoms in total. The number of pyridine rings is 1. The Labute approximate surface area is 108 Å². The summed E-state index contributed by atoms with van der Waals surface area (Å²) in [5.74, 6) is 0. The quantitative estimate of drug-likeness (QED) is 0.847. The van der Waals surface area contributed by atoms with Gasteiger partial charge in [0.25, 0.3) is 0 Å². The molecule has 0 saturated carbocycles. The summed E-state index contributed by atoms with van der Waals surface area (Å²) in [5.41, 5.74) is 1.14. The van der Waals surface area contributed by atoms with Crippen LogP contribution in [0.4, 0.5) is 0 Å². The van der Waals surface area contributed by atoms with Crippen LogP contribution in [0.2, 0.25) is 0 Å². The third-order valence-electron chi connectivity index (χ3n) is 3.06. The van der Waals surface area contributed by atoms with Gasteiger partial charge < -0.3 is 10.1 Å². The van der Waals surface area contributed by atoms with E-state index in [1.54, 1.807) is 7.11 Å². The van der Waals surface area contributed by atoms with E-state index in [4.69, 9.17) is 4.74 Å². The molecular formula is C15H20N2O. The molecule has 1 atom stereocenters. The van der Waals surface area contributed by atoms with Crippen molar-refractivity contribution in [3.63, 3.8) is 0 Å². The molecule has 0 amide bonds. The van der Waals surface area contributed by atoms with Crippen LogP contribution in [0.15, 0.2) is 36.5 Å². The highest BCUT2D eigenvalue weighted by Gasteiger charge is 2.11. The Bertz CT molecular complexity index is 487. The van der Waals surface area contributed by atoms with Gasteiger partial charge in [0, 0.05) is 36.8 Å². The molecule has 0 spiro atoms. The van der Waals surface area contributed by atoms with Crippen molar-refractivity contribution in [3.05, 3.63) is 42.2 Å². The first kappa shape index (κ1) is 13.0. The molecule has 1 N–H and O–H groups in total. The third-order valence-corrected chi connectivity index (χ3v) is 3.06. The lowest BCUT2D eigenvalue weighted by Gasteiger charge is -2.17. The van der Waals surface area contributed by atoms with Crippen LogP contribution < -0.4 is 5.32 Å². The maximum Gasteiger partial charge on any atom is 0.0619 e. The molecule has 0 aliphatic rings. The van der Waals surface area contributed by atoms with E-state index in [0.717, 1.165) is 18.7 Å². The zero-order chi connectivity index (χ0) is 12.8. The van der Waals surface area contributed by atoms with Gasteiger partial charge in [0.2, 0.25) is 0 Å². The van der Waals surface area contributed by atoms with Crippen LogP contribution in [-0.4, -0.2) is 31.3 Å². The van der Waals surface area contributed by atoms with Gasteiger partial charge in [0.15, 0.2) is 0 Å². The molecule has 18 heavy (non-hydrogen) atoms. The molecule has 1 heterocycles. The molecule has 0 bridgehead atoms.